The monoisotopic (exact) mass is 303 g/mol. The summed E-state index contributed by atoms with van der Waals surface area (Å²) in [5.74, 6) is 1.15. The van der Waals surface area contributed by atoms with Crippen LogP contribution in [-0.4, -0.2) is 23.6 Å². The zero-order valence-electron chi connectivity index (χ0n) is 11.5. The number of thiophene rings is 1. The van der Waals surface area contributed by atoms with Crippen molar-refractivity contribution < 1.29 is 4.79 Å². The van der Waals surface area contributed by atoms with Crippen LogP contribution in [0.15, 0.2) is 35.7 Å². The highest BCUT2D eigenvalue weighted by molar-refractivity contribution is 7.97. The van der Waals surface area contributed by atoms with Gasteiger partial charge >= 0.3 is 0 Å². The van der Waals surface area contributed by atoms with E-state index in [1.165, 1.54) is 16.0 Å². The molecule has 0 atom stereocenters. The van der Waals surface area contributed by atoms with Crippen molar-refractivity contribution in [3.05, 3.63) is 57.3 Å². The van der Waals surface area contributed by atoms with Gasteiger partial charge in [-0.3, -0.25) is 4.79 Å². The predicted octanol–water partition coefficient (Wildman–Crippen LogP) is 3.81. The van der Waals surface area contributed by atoms with E-state index in [2.05, 4.69) is 29.8 Å². The van der Waals surface area contributed by atoms with Gasteiger partial charge in [-0.2, -0.15) is 11.8 Å². The number of carbonyl (C=O) groups is 1. The third kappa shape index (κ3) is 2.76. The molecule has 1 aromatic carbocycles. The molecule has 0 saturated carbocycles. The molecule has 0 fully saturated rings. The fraction of sp³-hybridized carbons (Fsp3) is 0.312. The number of thioether (sulfide) groups is 1. The van der Waals surface area contributed by atoms with E-state index in [0.29, 0.717) is 0 Å². The van der Waals surface area contributed by atoms with Gasteiger partial charge in [0, 0.05) is 29.3 Å². The van der Waals surface area contributed by atoms with Crippen molar-refractivity contribution in [3.8, 4) is 0 Å². The summed E-state index contributed by atoms with van der Waals surface area (Å²) in [6.07, 6.45) is 3.08. The Balaban J connectivity index is 1.73. The highest BCUT2D eigenvalue weighted by Crippen LogP contribution is 2.25. The van der Waals surface area contributed by atoms with Crippen LogP contribution in [0.4, 0.5) is 0 Å². The second kappa shape index (κ2) is 6.02. The van der Waals surface area contributed by atoms with E-state index in [1.807, 2.05) is 17.0 Å². The predicted molar refractivity (Wildman–Crippen MR) is 86.4 cm³/mol. The van der Waals surface area contributed by atoms with Crippen LogP contribution in [0.3, 0.4) is 0 Å². The van der Waals surface area contributed by atoms with Gasteiger partial charge in [0.05, 0.1) is 0 Å². The van der Waals surface area contributed by atoms with Gasteiger partial charge in [0.1, 0.15) is 0 Å². The molecule has 4 heteroatoms. The molecular weight excluding hydrogens is 286 g/mol. The van der Waals surface area contributed by atoms with Crippen LogP contribution in [0, 0.1) is 0 Å². The first-order chi connectivity index (χ1) is 9.78. The van der Waals surface area contributed by atoms with Gasteiger partial charge in [-0.05, 0) is 47.4 Å². The van der Waals surface area contributed by atoms with E-state index in [9.17, 15) is 4.79 Å². The topological polar surface area (TPSA) is 20.3 Å². The first-order valence-corrected chi connectivity index (χ1v) is 8.97. The molecule has 1 aromatic heterocycles. The van der Waals surface area contributed by atoms with Gasteiger partial charge in [0.15, 0.2) is 0 Å². The molecule has 2 nitrogen and oxygen atoms in total. The molecule has 1 aliphatic rings. The average Bonchev–Trinajstić information content (AvgIpc) is 2.95. The molecule has 0 N–H and O–H groups in total. The summed E-state index contributed by atoms with van der Waals surface area (Å²) in [6.45, 7) is 1.59. The van der Waals surface area contributed by atoms with Crippen LogP contribution in [-0.2, 0) is 18.7 Å². The number of amides is 1. The fourth-order valence-electron chi connectivity index (χ4n) is 2.51. The minimum absolute atomic E-state index is 0.151. The summed E-state index contributed by atoms with van der Waals surface area (Å²) in [6, 6.07) is 10.2. The molecule has 2 aromatic rings. The summed E-state index contributed by atoms with van der Waals surface area (Å²) >= 11 is 3.60. The van der Waals surface area contributed by atoms with Crippen LogP contribution in [0.5, 0.6) is 0 Å². The third-order valence-electron chi connectivity index (χ3n) is 3.61. The van der Waals surface area contributed by atoms with Crippen molar-refractivity contribution in [1.29, 1.82) is 0 Å². The molecule has 0 bridgehead atoms. The molecule has 0 spiro atoms. The van der Waals surface area contributed by atoms with Gasteiger partial charge in [-0.1, -0.05) is 12.1 Å². The van der Waals surface area contributed by atoms with Crippen LogP contribution < -0.4 is 0 Å². The van der Waals surface area contributed by atoms with E-state index < -0.39 is 0 Å². The van der Waals surface area contributed by atoms with E-state index in [1.54, 1.807) is 23.1 Å². The first kappa shape index (κ1) is 13.7. The van der Waals surface area contributed by atoms with Crippen molar-refractivity contribution in [2.24, 2.45) is 0 Å². The minimum atomic E-state index is 0.151. The fourth-order valence-corrected chi connectivity index (χ4v) is 3.93. The number of rotatable bonds is 3. The summed E-state index contributed by atoms with van der Waals surface area (Å²) in [4.78, 5) is 15.9. The standard InChI is InChI=1S/C16H17NOS2/c1-19-11-12-2-4-13(5-3-12)16(18)17-8-6-15-14(10-17)7-9-20-15/h2-5,7,9H,6,8,10-11H2,1H3. The Hall–Kier alpha value is -1.26. The number of carbonyl (C=O) groups excluding carboxylic acids is 1. The number of nitrogens with zero attached hydrogens (tertiary/aromatic N) is 1. The maximum absolute atomic E-state index is 12.5. The second-order valence-corrected chi connectivity index (χ2v) is 6.84. The van der Waals surface area contributed by atoms with Crippen molar-refractivity contribution in [2.75, 3.05) is 12.8 Å². The van der Waals surface area contributed by atoms with Gasteiger partial charge < -0.3 is 4.90 Å². The number of benzene rings is 1. The molecule has 0 unspecified atom stereocenters. The number of fused-ring (bicyclic) bond motifs is 1. The molecule has 3 rings (SSSR count). The summed E-state index contributed by atoms with van der Waals surface area (Å²) in [7, 11) is 0. The number of hydrogen-bond donors (Lipinski definition) is 0. The Labute approximate surface area is 127 Å². The van der Waals surface area contributed by atoms with Crippen molar-refractivity contribution in [1.82, 2.24) is 4.90 Å². The molecular formula is C16H17NOS2. The lowest BCUT2D eigenvalue weighted by Crippen LogP contribution is -2.35. The minimum Gasteiger partial charge on any atom is -0.334 e. The van der Waals surface area contributed by atoms with E-state index in [-0.39, 0.29) is 5.91 Å². The second-order valence-electron chi connectivity index (χ2n) is 4.98. The smallest absolute Gasteiger partial charge is 0.254 e. The van der Waals surface area contributed by atoms with Crippen molar-refractivity contribution in [3.63, 3.8) is 0 Å². The molecule has 20 heavy (non-hydrogen) atoms. The summed E-state index contributed by atoms with van der Waals surface area (Å²) in [5.41, 5.74) is 3.38. The summed E-state index contributed by atoms with van der Waals surface area (Å²) in [5, 5.41) is 2.12. The third-order valence-corrected chi connectivity index (χ3v) is 5.25. The highest BCUT2D eigenvalue weighted by atomic mass is 32.2. The largest absolute Gasteiger partial charge is 0.334 e. The highest BCUT2D eigenvalue weighted by Gasteiger charge is 2.22. The zero-order valence-corrected chi connectivity index (χ0v) is 13.1. The van der Waals surface area contributed by atoms with Crippen LogP contribution in [0.25, 0.3) is 0 Å². The van der Waals surface area contributed by atoms with E-state index >= 15 is 0 Å². The normalized spacial score (nSPS) is 14.2. The SMILES string of the molecule is CSCc1ccc(C(=O)N2CCc3sccc3C2)cc1. The average molecular weight is 303 g/mol. The maximum atomic E-state index is 12.5. The van der Waals surface area contributed by atoms with Crippen LogP contribution in [0.2, 0.25) is 0 Å². The lowest BCUT2D eigenvalue weighted by Gasteiger charge is -2.27. The van der Waals surface area contributed by atoms with E-state index in [0.717, 1.165) is 30.8 Å². The Bertz CT molecular complexity index is 603. The Morgan fingerprint density at radius 3 is 2.85 bits per heavy atom. The molecule has 0 aliphatic carbocycles. The van der Waals surface area contributed by atoms with Crippen molar-refractivity contribution in [2.45, 2.75) is 18.7 Å². The van der Waals surface area contributed by atoms with Gasteiger partial charge in [0.25, 0.3) is 5.91 Å². The summed E-state index contributed by atoms with van der Waals surface area (Å²) < 4.78 is 0. The molecule has 1 aliphatic heterocycles. The Kier molecular flexibility index (Phi) is 4.13. The Morgan fingerprint density at radius 2 is 2.10 bits per heavy atom. The maximum Gasteiger partial charge on any atom is 0.254 e. The van der Waals surface area contributed by atoms with Crippen LogP contribution in [0.1, 0.15) is 26.4 Å². The quantitative estimate of drug-likeness (QED) is 0.859. The molecule has 1 amide bonds. The molecule has 0 radical (unpaired) electrons. The number of hydrogen-bond acceptors (Lipinski definition) is 3. The lowest BCUT2D eigenvalue weighted by molar-refractivity contribution is 0.0736. The first-order valence-electron chi connectivity index (χ1n) is 6.70. The lowest BCUT2D eigenvalue weighted by atomic mass is 10.1. The van der Waals surface area contributed by atoms with Gasteiger partial charge in [-0.25, -0.2) is 0 Å². The van der Waals surface area contributed by atoms with Gasteiger partial charge in [0.2, 0.25) is 0 Å². The molecule has 2 heterocycles. The molecule has 104 valence electrons. The van der Waals surface area contributed by atoms with Crippen LogP contribution >= 0.6 is 23.1 Å². The molecule has 0 saturated heterocycles. The zero-order chi connectivity index (χ0) is 13.9. The van der Waals surface area contributed by atoms with Crippen molar-refractivity contribution >= 4 is 29.0 Å². The Morgan fingerprint density at radius 1 is 1.30 bits per heavy atom. The van der Waals surface area contributed by atoms with E-state index in [4.69, 9.17) is 0 Å². The van der Waals surface area contributed by atoms with Gasteiger partial charge in [-0.15, -0.1) is 11.3 Å².